The largest absolute Gasteiger partial charge is 0.326 e. The molecule has 0 atom stereocenters. The summed E-state index contributed by atoms with van der Waals surface area (Å²) in [6.07, 6.45) is 3.56. The first-order valence-electron chi connectivity index (χ1n) is 13.9. The Hall–Kier alpha value is -5.78. The molecule has 5 aromatic carbocycles. The lowest BCUT2D eigenvalue weighted by atomic mass is 10.0. The van der Waals surface area contributed by atoms with Gasteiger partial charge in [0, 0.05) is 33.1 Å². The van der Waals surface area contributed by atoms with Gasteiger partial charge in [-0.05, 0) is 88.8 Å². The quantitative estimate of drug-likeness (QED) is 0.187. The third-order valence-corrected chi connectivity index (χ3v) is 7.88. The molecule has 0 spiro atoms. The standard InChI is InChI=1S/C22H16N4O.C14H8IN3/c1-15(27)25-18-7-5-6-17(12-18)20-10-16(13-23)11-21-22(20)26(14-24-21)19-8-3-2-4-9-19;15-12-6-10(8-16)7-13-14(12)18(9-17-13)11-4-2-1-3-5-11/h2-12,14H,1H3,(H,25,27);1-7,9H. The first kappa shape index (κ1) is 29.3. The normalized spacial score (nSPS) is 10.5. The van der Waals surface area contributed by atoms with Crippen molar-refractivity contribution < 1.29 is 4.79 Å². The van der Waals surface area contributed by atoms with Crippen molar-refractivity contribution in [3.63, 3.8) is 0 Å². The van der Waals surface area contributed by atoms with Gasteiger partial charge in [0.15, 0.2) is 0 Å². The molecular weight excluding hydrogens is 673 g/mol. The first-order valence-corrected chi connectivity index (χ1v) is 15.0. The Balaban J connectivity index is 0.000000172. The second-order valence-electron chi connectivity index (χ2n) is 10.1. The number of anilines is 1. The topological polar surface area (TPSA) is 112 Å². The van der Waals surface area contributed by atoms with Gasteiger partial charge in [-0.2, -0.15) is 10.5 Å². The van der Waals surface area contributed by atoms with E-state index < -0.39 is 0 Å². The molecule has 1 amide bonds. The van der Waals surface area contributed by atoms with Crippen LogP contribution in [0, 0.1) is 26.2 Å². The van der Waals surface area contributed by atoms with Crippen LogP contribution in [0.3, 0.4) is 0 Å². The summed E-state index contributed by atoms with van der Waals surface area (Å²) in [4.78, 5) is 20.3. The van der Waals surface area contributed by atoms with Crippen molar-refractivity contribution >= 4 is 56.3 Å². The number of nitriles is 2. The van der Waals surface area contributed by atoms with Crippen molar-refractivity contribution in [1.29, 1.82) is 10.5 Å². The van der Waals surface area contributed by atoms with Gasteiger partial charge in [-0.25, -0.2) is 9.97 Å². The molecular formula is C36H24IN7O. The second-order valence-corrected chi connectivity index (χ2v) is 11.3. The molecule has 0 aliphatic carbocycles. The van der Waals surface area contributed by atoms with Crippen molar-refractivity contribution in [2.45, 2.75) is 6.92 Å². The van der Waals surface area contributed by atoms with Gasteiger partial charge in [-0.3, -0.25) is 13.9 Å². The molecule has 45 heavy (non-hydrogen) atoms. The second kappa shape index (κ2) is 12.8. The highest BCUT2D eigenvalue weighted by atomic mass is 127. The third-order valence-electron chi connectivity index (χ3n) is 7.06. The molecule has 8 nitrogen and oxygen atoms in total. The number of fused-ring (bicyclic) bond motifs is 2. The number of para-hydroxylation sites is 2. The average molecular weight is 698 g/mol. The van der Waals surface area contributed by atoms with Crippen LogP contribution >= 0.6 is 22.6 Å². The van der Waals surface area contributed by atoms with Gasteiger partial charge in [0.25, 0.3) is 0 Å². The van der Waals surface area contributed by atoms with Gasteiger partial charge < -0.3 is 5.32 Å². The summed E-state index contributed by atoms with van der Waals surface area (Å²) in [5.74, 6) is -0.127. The Kier molecular flexibility index (Phi) is 8.36. The fourth-order valence-electron chi connectivity index (χ4n) is 5.13. The molecule has 0 unspecified atom stereocenters. The average Bonchev–Trinajstić information content (AvgIpc) is 3.70. The molecule has 9 heteroatoms. The fourth-order valence-corrected chi connectivity index (χ4v) is 6.00. The van der Waals surface area contributed by atoms with Crippen molar-refractivity contribution in [2.75, 3.05) is 5.32 Å². The zero-order valence-electron chi connectivity index (χ0n) is 24.0. The van der Waals surface area contributed by atoms with Crippen molar-refractivity contribution in [1.82, 2.24) is 19.1 Å². The highest BCUT2D eigenvalue weighted by Gasteiger charge is 2.14. The Morgan fingerprint density at radius 1 is 0.711 bits per heavy atom. The zero-order chi connectivity index (χ0) is 31.3. The number of imidazole rings is 2. The number of carbonyl (C=O) groups is 1. The lowest BCUT2D eigenvalue weighted by molar-refractivity contribution is -0.114. The molecule has 0 saturated carbocycles. The van der Waals surface area contributed by atoms with Crippen LogP contribution in [0.15, 0.2) is 122 Å². The number of benzene rings is 5. The van der Waals surface area contributed by atoms with E-state index in [1.54, 1.807) is 18.7 Å². The third kappa shape index (κ3) is 6.16. The Morgan fingerprint density at radius 2 is 1.27 bits per heavy atom. The van der Waals surface area contributed by atoms with E-state index in [1.807, 2.05) is 112 Å². The molecule has 216 valence electrons. The Morgan fingerprint density at radius 3 is 1.84 bits per heavy atom. The maximum absolute atomic E-state index is 11.4. The van der Waals surface area contributed by atoms with Gasteiger partial charge in [0.1, 0.15) is 12.7 Å². The van der Waals surface area contributed by atoms with E-state index in [4.69, 9.17) is 5.26 Å². The number of halogens is 1. The van der Waals surface area contributed by atoms with Crippen LogP contribution in [0.1, 0.15) is 18.1 Å². The minimum atomic E-state index is -0.127. The molecule has 0 saturated heterocycles. The summed E-state index contributed by atoms with van der Waals surface area (Å²) in [6.45, 7) is 1.48. The number of nitrogens with zero attached hydrogens (tertiary/aromatic N) is 6. The van der Waals surface area contributed by atoms with Gasteiger partial charge in [0.05, 0.1) is 45.3 Å². The lowest BCUT2D eigenvalue weighted by Gasteiger charge is -2.11. The van der Waals surface area contributed by atoms with Crippen LogP contribution in [0.25, 0.3) is 44.6 Å². The number of aromatic nitrogens is 4. The van der Waals surface area contributed by atoms with E-state index in [0.717, 1.165) is 48.1 Å². The van der Waals surface area contributed by atoms with E-state index in [9.17, 15) is 10.1 Å². The van der Waals surface area contributed by atoms with Gasteiger partial charge in [-0.15, -0.1) is 0 Å². The maximum Gasteiger partial charge on any atom is 0.221 e. The highest BCUT2D eigenvalue weighted by molar-refractivity contribution is 14.1. The lowest BCUT2D eigenvalue weighted by Crippen LogP contribution is -2.05. The van der Waals surface area contributed by atoms with Crippen LogP contribution in [0.2, 0.25) is 0 Å². The molecule has 0 aliphatic heterocycles. The Bertz CT molecular complexity index is 2260. The van der Waals surface area contributed by atoms with Crippen LogP contribution in [-0.4, -0.2) is 25.0 Å². The van der Waals surface area contributed by atoms with E-state index in [2.05, 4.69) is 50.0 Å². The smallest absolute Gasteiger partial charge is 0.221 e. The van der Waals surface area contributed by atoms with E-state index in [-0.39, 0.29) is 5.91 Å². The van der Waals surface area contributed by atoms with E-state index in [1.165, 1.54) is 6.92 Å². The van der Waals surface area contributed by atoms with Crippen LogP contribution < -0.4 is 5.32 Å². The molecule has 0 radical (unpaired) electrons. The van der Waals surface area contributed by atoms with Crippen molar-refractivity contribution in [2.24, 2.45) is 0 Å². The molecule has 0 aliphatic rings. The molecule has 7 aromatic rings. The SMILES string of the molecule is CC(=O)Nc1cccc(-c2cc(C#N)cc3ncn(-c4ccccc4)c23)c1.N#Cc1cc(I)c2c(c1)ncn2-c1ccccc1. The number of rotatable bonds is 4. The number of nitrogens with one attached hydrogen (secondary N) is 1. The predicted octanol–water partition coefficient (Wildman–Crippen LogP) is 8.02. The van der Waals surface area contributed by atoms with Gasteiger partial charge in [0.2, 0.25) is 5.91 Å². The fraction of sp³-hybridized carbons (Fsp3) is 0.0278. The summed E-state index contributed by atoms with van der Waals surface area (Å²) >= 11 is 2.24. The van der Waals surface area contributed by atoms with Crippen molar-refractivity contribution in [3.05, 3.63) is 137 Å². The summed E-state index contributed by atoms with van der Waals surface area (Å²) < 4.78 is 5.08. The molecule has 2 heterocycles. The molecule has 1 N–H and O–H groups in total. The monoisotopic (exact) mass is 697 g/mol. The summed E-state index contributed by atoms with van der Waals surface area (Å²) in [6, 6.07) is 39.3. The number of amides is 1. The van der Waals surface area contributed by atoms with Crippen LogP contribution in [0.4, 0.5) is 5.69 Å². The number of hydrogen-bond donors (Lipinski definition) is 1. The summed E-state index contributed by atoms with van der Waals surface area (Å²) in [5, 5.41) is 21.2. The van der Waals surface area contributed by atoms with Crippen LogP contribution in [0.5, 0.6) is 0 Å². The molecule has 0 fully saturated rings. The molecule has 7 rings (SSSR count). The molecule has 0 bridgehead atoms. The predicted molar refractivity (Wildman–Crippen MR) is 184 cm³/mol. The van der Waals surface area contributed by atoms with Crippen molar-refractivity contribution in [3.8, 4) is 34.6 Å². The van der Waals surface area contributed by atoms with E-state index in [0.29, 0.717) is 16.8 Å². The first-order chi connectivity index (χ1) is 21.9. The number of hydrogen-bond acceptors (Lipinski definition) is 5. The number of carbonyl (C=O) groups excluding carboxylic acids is 1. The van der Waals surface area contributed by atoms with E-state index >= 15 is 0 Å². The summed E-state index contributed by atoms with van der Waals surface area (Å²) in [7, 11) is 0. The Labute approximate surface area is 273 Å². The maximum atomic E-state index is 11.4. The van der Waals surface area contributed by atoms with Crippen LogP contribution in [-0.2, 0) is 4.79 Å². The minimum absolute atomic E-state index is 0.127. The minimum Gasteiger partial charge on any atom is -0.326 e. The zero-order valence-corrected chi connectivity index (χ0v) is 26.2. The summed E-state index contributed by atoms with van der Waals surface area (Å²) in [5.41, 5.74) is 9.30. The van der Waals surface area contributed by atoms with Gasteiger partial charge >= 0.3 is 0 Å². The van der Waals surface area contributed by atoms with Gasteiger partial charge in [-0.1, -0.05) is 48.5 Å². The highest BCUT2D eigenvalue weighted by Crippen LogP contribution is 2.33. The molecule has 2 aromatic heterocycles.